The molecular formula is C37H33N3O. The summed E-state index contributed by atoms with van der Waals surface area (Å²) in [6.07, 6.45) is 29.8. The van der Waals surface area contributed by atoms with E-state index in [9.17, 15) is 0 Å². The number of aliphatic imine (C=N–C) groups is 1. The molecule has 4 heterocycles. The predicted molar refractivity (Wildman–Crippen MR) is 165 cm³/mol. The van der Waals surface area contributed by atoms with Gasteiger partial charge in [0.25, 0.3) is 0 Å². The zero-order valence-electron chi connectivity index (χ0n) is 23.5. The zero-order chi connectivity index (χ0) is 27.3. The second-order valence-corrected chi connectivity index (χ2v) is 12.8. The lowest BCUT2D eigenvalue weighted by Gasteiger charge is -2.32. The summed E-state index contributed by atoms with van der Waals surface area (Å²) >= 11 is 0. The summed E-state index contributed by atoms with van der Waals surface area (Å²) in [5.41, 5.74) is 12.7. The minimum atomic E-state index is 0.0619. The smallest absolute Gasteiger partial charge is 0.127 e. The van der Waals surface area contributed by atoms with Crippen LogP contribution in [0, 0.1) is 5.92 Å². The number of aromatic nitrogens is 1. The van der Waals surface area contributed by atoms with E-state index in [-0.39, 0.29) is 29.4 Å². The van der Waals surface area contributed by atoms with Crippen molar-refractivity contribution >= 4 is 17.5 Å². The number of hydrogen-bond acceptors (Lipinski definition) is 4. The van der Waals surface area contributed by atoms with Gasteiger partial charge in [-0.1, -0.05) is 55.8 Å². The van der Waals surface area contributed by atoms with E-state index < -0.39 is 0 Å². The topological polar surface area (TPSA) is 37.7 Å². The normalized spacial score (nSPS) is 30.9. The number of nitrogens with zero attached hydrogens (tertiary/aromatic N) is 3. The Morgan fingerprint density at radius 1 is 1.02 bits per heavy atom. The van der Waals surface area contributed by atoms with Crippen LogP contribution in [0.25, 0.3) is 5.57 Å². The summed E-state index contributed by atoms with van der Waals surface area (Å²) in [4.78, 5) is 11.4. The van der Waals surface area contributed by atoms with Crippen molar-refractivity contribution in [3.05, 3.63) is 136 Å². The lowest BCUT2D eigenvalue weighted by atomic mass is 9.77. The van der Waals surface area contributed by atoms with Crippen LogP contribution in [0.4, 0.5) is 5.69 Å². The van der Waals surface area contributed by atoms with Gasteiger partial charge in [0.2, 0.25) is 0 Å². The lowest BCUT2D eigenvalue weighted by molar-refractivity contribution is 0.173. The molecule has 1 aromatic carbocycles. The molecule has 202 valence electrons. The molecule has 0 amide bonds. The van der Waals surface area contributed by atoms with E-state index in [0.717, 1.165) is 18.6 Å². The van der Waals surface area contributed by atoms with Crippen molar-refractivity contribution < 1.29 is 4.74 Å². The zero-order valence-corrected chi connectivity index (χ0v) is 23.5. The Morgan fingerprint density at radius 2 is 1.98 bits per heavy atom. The first kappa shape index (κ1) is 23.5. The lowest BCUT2D eigenvalue weighted by Crippen LogP contribution is -2.34. The molecule has 0 radical (unpaired) electrons. The van der Waals surface area contributed by atoms with Gasteiger partial charge in [-0.2, -0.15) is 0 Å². The van der Waals surface area contributed by atoms with Gasteiger partial charge in [0.05, 0.1) is 6.04 Å². The van der Waals surface area contributed by atoms with Gasteiger partial charge in [0.15, 0.2) is 0 Å². The highest BCUT2D eigenvalue weighted by Gasteiger charge is 2.43. The van der Waals surface area contributed by atoms with Gasteiger partial charge in [-0.15, -0.1) is 0 Å². The molecule has 4 nitrogen and oxygen atoms in total. The fourth-order valence-electron chi connectivity index (χ4n) is 8.36. The Morgan fingerprint density at radius 3 is 2.93 bits per heavy atom. The minimum absolute atomic E-state index is 0.0619. The number of hydrogen-bond donors (Lipinski definition) is 0. The standard InChI is InChI=1S/C37H33N3O/c1-37(2)31-6-4-3-5-25(31)26-17-22(7-10-32(26)37)23-8-11-35-27(18-23)28-19-24(9-12-36(28)41-35)40-33-13-15-38-20-29(33)30-21-39-16-14-34(30)40/h3,5,7-17,19-21,23,28-29,33,36H,4,6,18H2,1-2H3. The van der Waals surface area contributed by atoms with E-state index in [0.29, 0.717) is 5.92 Å². The molecule has 5 unspecified atom stereocenters. The minimum Gasteiger partial charge on any atom is -0.485 e. The van der Waals surface area contributed by atoms with Gasteiger partial charge in [0, 0.05) is 64.9 Å². The number of rotatable bonds is 2. The van der Waals surface area contributed by atoms with Gasteiger partial charge in [-0.3, -0.25) is 9.98 Å². The molecule has 9 rings (SSSR count). The largest absolute Gasteiger partial charge is 0.485 e. The highest BCUT2D eigenvalue weighted by Crippen LogP contribution is 2.52. The van der Waals surface area contributed by atoms with Crippen molar-refractivity contribution in [2.24, 2.45) is 10.9 Å². The van der Waals surface area contributed by atoms with Gasteiger partial charge in [-0.25, -0.2) is 0 Å². The monoisotopic (exact) mass is 535 g/mol. The number of anilines is 1. The number of pyridine rings is 1. The van der Waals surface area contributed by atoms with E-state index in [4.69, 9.17) is 4.74 Å². The first-order chi connectivity index (χ1) is 20.1. The molecule has 4 aliphatic carbocycles. The number of benzene rings is 1. The Hall–Kier alpha value is -4.18. The summed E-state index contributed by atoms with van der Waals surface area (Å²) in [5, 5.41) is 0. The second-order valence-electron chi connectivity index (χ2n) is 12.8. The maximum Gasteiger partial charge on any atom is 0.127 e. The van der Waals surface area contributed by atoms with Crippen molar-refractivity contribution in [1.82, 2.24) is 4.98 Å². The predicted octanol–water partition coefficient (Wildman–Crippen LogP) is 7.81. The molecule has 0 bridgehead atoms. The number of ether oxygens (including phenoxy) is 1. The molecule has 0 saturated heterocycles. The molecule has 2 aromatic rings. The Balaban J connectivity index is 1.04. The molecule has 7 aliphatic rings. The fraction of sp³-hybridized carbons (Fsp3) is 0.297. The van der Waals surface area contributed by atoms with Crippen molar-refractivity contribution in [3.63, 3.8) is 0 Å². The number of fused-ring (bicyclic) bond motifs is 7. The molecule has 4 heteroatoms. The van der Waals surface area contributed by atoms with Crippen molar-refractivity contribution in [2.45, 2.75) is 62.5 Å². The van der Waals surface area contributed by atoms with Crippen LogP contribution in [0.3, 0.4) is 0 Å². The van der Waals surface area contributed by atoms with Crippen LogP contribution in [0.2, 0.25) is 0 Å². The fourth-order valence-corrected chi connectivity index (χ4v) is 8.36. The van der Waals surface area contributed by atoms with Gasteiger partial charge in [-0.05, 0) is 83.5 Å². The maximum absolute atomic E-state index is 6.49. The van der Waals surface area contributed by atoms with Crippen LogP contribution in [-0.2, 0) is 10.2 Å². The number of allylic oxidation sites excluding steroid dienone is 7. The summed E-state index contributed by atoms with van der Waals surface area (Å²) in [5.74, 6) is 1.89. The van der Waals surface area contributed by atoms with Crippen LogP contribution in [0.15, 0.2) is 119 Å². The summed E-state index contributed by atoms with van der Waals surface area (Å²) in [7, 11) is 0. The maximum atomic E-state index is 6.49. The van der Waals surface area contributed by atoms with E-state index >= 15 is 0 Å². The first-order valence-corrected chi connectivity index (χ1v) is 15.0. The molecule has 3 aliphatic heterocycles. The third-order valence-electron chi connectivity index (χ3n) is 10.4. The van der Waals surface area contributed by atoms with Crippen LogP contribution in [0.1, 0.15) is 67.2 Å². The van der Waals surface area contributed by atoms with E-state index in [1.807, 2.05) is 18.6 Å². The highest BCUT2D eigenvalue weighted by atomic mass is 16.5. The average Bonchev–Trinajstić information content (AvgIpc) is 3.62. The van der Waals surface area contributed by atoms with Crippen molar-refractivity contribution in [1.29, 1.82) is 0 Å². The quantitative estimate of drug-likeness (QED) is 0.394. The van der Waals surface area contributed by atoms with E-state index in [1.54, 1.807) is 5.57 Å². The second kappa shape index (κ2) is 8.42. The summed E-state index contributed by atoms with van der Waals surface area (Å²) in [6, 6.07) is 9.63. The van der Waals surface area contributed by atoms with E-state index in [2.05, 4.69) is 108 Å². The van der Waals surface area contributed by atoms with Gasteiger partial charge < -0.3 is 9.64 Å². The molecule has 41 heavy (non-hydrogen) atoms. The van der Waals surface area contributed by atoms with Crippen LogP contribution < -0.4 is 4.90 Å². The van der Waals surface area contributed by atoms with Gasteiger partial charge in [0.1, 0.15) is 11.9 Å². The highest BCUT2D eigenvalue weighted by molar-refractivity contribution is 5.87. The summed E-state index contributed by atoms with van der Waals surface area (Å²) in [6.45, 7) is 4.79. The molecule has 1 aromatic heterocycles. The molecule has 0 N–H and O–H groups in total. The molecule has 0 spiro atoms. The Bertz CT molecular complexity index is 1760. The molecular weight excluding hydrogens is 502 g/mol. The third kappa shape index (κ3) is 3.28. The molecule has 5 atom stereocenters. The summed E-state index contributed by atoms with van der Waals surface area (Å²) < 4.78 is 6.49. The SMILES string of the molecule is CC1(C)C2=C(C=CCC2)c2cc(C3C=CC4=C(C3)C3C=C(N5c6ccncc6C6C=NC=CC65)C=CC3O4)ccc21. The molecule has 0 saturated carbocycles. The van der Waals surface area contributed by atoms with Crippen LogP contribution >= 0.6 is 0 Å². The molecule has 0 fully saturated rings. The van der Waals surface area contributed by atoms with Crippen LogP contribution in [0.5, 0.6) is 0 Å². The van der Waals surface area contributed by atoms with Crippen molar-refractivity contribution in [2.75, 3.05) is 4.90 Å². The Labute approximate surface area is 241 Å². The average molecular weight is 536 g/mol. The van der Waals surface area contributed by atoms with Gasteiger partial charge >= 0.3 is 0 Å². The first-order valence-electron chi connectivity index (χ1n) is 15.0. The van der Waals surface area contributed by atoms with Crippen LogP contribution in [-0.4, -0.2) is 23.3 Å². The Kier molecular flexibility index (Phi) is 4.83. The van der Waals surface area contributed by atoms with Crippen molar-refractivity contribution in [3.8, 4) is 0 Å². The third-order valence-corrected chi connectivity index (χ3v) is 10.4. The van der Waals surface area contributed by atoms with E-state index in [1.165, 1.54) is 51.2 Å².